The summed E-state index contributed by atoms with van der Waals surface area (Å²) in [5, 5.41) is 3.40. The Morgan fingerprint density at radius 3 is 2.54 bits per heavy atom. The average molecular weight is 402 g/mol. The topological polar surface area (TPSA) is 61.9 Å². The Labute approximate surface area is 170 Å². The second-order valence-corrected chi connectivity index (χ2v) is 7.12. The first-order chi connectivity index (χ1) is 13.5. The normalized spacial score (nSPS) is 14.0. The summed E-state index contributed by atoms with van der Waals surface area (Å²) in [7, 11) is 1.51. The molecule has 1 aliphatic rings. The summed E-state index contributed by atoms with van der Waals surface area (Å²) in [6.07, 6.45) is 0. The van der Waals surface area contributed by atoms with Crippen molar-refractivity contribution in [3.8, 4) is 5.75 Å². The van der Waals surface area contributed by atoms with Gasteiger partial charge in [-0.2, -0.15) is 0 Å². The number of hydrogen-bond acceptors (Lipinski definition) is 4. The van der Waals surface area contributed by atoms with Crippen molar-refractivity contribution < 1.29 is 14.3 Å². The molecule has 0 radical (unpaired) electrons. The Kier molecular flexibility index (Phi) is 6.41. The molecule has 0 aliphatic carbocycles. The van der Waals surface area contributed by atoms with E-state index in [9.17, 15) is 9.59 Å². The molecule has 2 aromatic rings. The number of aryl methyl sites for hydroxylation is 1. The maximum atomic E-state index is 12.5. The molecule has 1 saturated heterocycles. The van der Waals surface area contributed by atoms with E-state index in [4.69, 9.17) is 16.3 Å². The lowest BCUT2D eigenvalue weighted by atomic mass is 10.1. The third-order valence-corrected chi connectivity index (χ3v) is 5.13. The number of carbonyl (C=O) groups excluding carboxylic acids is 2. The van der Waals surface area contributed by atoms with Crippen molar-refractivity contribution in [1.29, 1.82) is 0 Å². The van der Waals surface area contributed by atoms with E-state index in [2.05, 4.69) is 17.1 Å². The van der Waals surface area contributed by atoms with Gasteiger partial charge in [0.1, 0.15) is 5.75 Å². The summed E-state index contributed by atoms with van der Waals surface area (Å²) in [4.78, 5) is 28.8. The Balaban J connectivity index is 1.53. The Morgan fingerprint density at radius 2 is 1.82 bits per heavy atom. The average Bonchev–Trinajstić information content (AvgIpc) is 2.73. The monoisotopic (exact) mass is 401 g/mol. The zero-order valence-corrected chi connectivity index (χ0v) is 16.8. The van der Waals surface area contributed by atoms with Crippen molar-refractivity contribution in [3.05, 3.63) is 58.6 Å². The molecule has 1 aliphatic heterocycles. The summed E-state index contributed by atoms with van der Waals surface area (Å²) in [6, 6.07) is 12.8. The summed E-state index contributed by atoms with van der Waals surface area (Å²) in [6.45, 7) is 4.69. The number of carbonyl (C=O) groups is 2. The van der Waals surface area contributed by atoms with E-state index in [-0.39, 0.29) is 18.4 Å². The van der Waals surface area contributed by atoms with Crippen LogP contribution < -0.4 is 15.0 Å². The minimum absolute atomic E-state index is 0.0346. The van der Waals surface area contributed by atoms with E-state index in [1.54, 1.807) is 29.2 Å². The summed E-state index contributed by atoms with van der Waals surface area (Å²) in [5.74, 6) is 0.0719. The van der Waals surface area contributed by atoms with Crippen molar-refractivity contribution >= 4 is 29.1 Å². The van der Waals surface area contributed by atoms with Gasteiger partial charge in [0.05, 0.1) is 19.2 Å². The van der Waals surface area contributed by atoms with Crippen LogP contribution >= 0.6 is 11.6 Å². The van der Waals surface area contributed by atoms with Gasteiger partial charge in [-0.05, 0) is 36.8 Å². The Bertz CT molecular complexity index is 864. The minimum Gasteiger partial charge on any atom is -0.496 e. The summed E-state index contributed by atoms with van der Waals surface area (Å²) in [5.41, 5.74) is 2.68. The molecule has 0 spiro atoms. The molecule has 2 amide bonds. The van der Waals surface area contributed by atoms with Gasteiger partial charge in [-0.25, -0.2) is 0 Å². The van der Waals surface area contributed by atoms with Crippen molar-refractivity contribution in [3.63, 3.8) is 0 Å². The Hall–Kier alpha value is -2.73. The molecule has 1 heterocycles. The van der Waals surface area contributed by atoms with Crippen LogP contribution in [0.25, 0.3) is 0 Å². The number of nitrogens with zero attached hydrogens (tertiary/aromatic N) is 2. The number of nitrogens with one attached hydrogen (secondary N) is 1. The number of para-hydroxylation sites is 1. The van der Waals surface area contributed by atoms with Gasteiger partial charge in [0.25, 0.3) is 5.91 Å². The highest BCUT2D eigenvalue weighted by atomic mass is 35.5. The second-order valence-electron chi connectivity index (χ2n) is 6.68. The zero-order valence-electron chi connectivity index (χ0n) is 16.1. The van der Waals surface area contributed by atoms with Gasteiger partial charge in [0.15, 0.2) is 0 Å². The zero-order chi connectivity index (χ0) is 20.1. The number of rotatable bonds is 5. The molecule has 3 rings (SSSR count). The van der Waals surface area contributed by atoms with Crippen LogP contribution in [0.1, 0.15) is 15.9 Å². The number of ether oxygens (including phenoxy) is 1. The SMILES string of the molecule is COc1ccccc1C(=O)NCC(=O)N1CCN(c2cc(Cl)ccc2C)CC1. The highest BCUT2D eigenvalue weighted by Gasteiger charge is 2.23. The summed E-state index contributed by atoms with van der Waals surface area (Å²) < 4.78 is 5.19. The smallest absolute Gasteiger partial charge is 0.255 e. The number of anilines is 1. The molecule has 6 nitrogen and oxygen atoms in total. The number of hydrogen-bond donors (Lipinski definition) is 1. The molecule has 28 heavy (non-hydrogen) atoms. The van der Waals surface area contributed by atoms with Crippen LogP contribution in [0.3, 0.4) is 0 Å². The molecule has 2 aromatic carbocycles. The number of piperazine rings is 1. The second kappa shape index (κ2) is 8.97. The molecular formula is C21H24ClN3O3. The molecular weight excluding hydrogens is 378 g/mol. The van der Waals surface area contributed by atoms with Crippen molar-refractivity contribution in [1.82, 2.24) is 10.2 Å². The minimum atomic E-state index is -0.320. The quantitative estimate of drug-likeness (QED) is 0.836. The van der Waals surface area contributed by atoms with E-state index >= 15 is 0 Å². The molecule has 0 aromatic heterocycles. The van der Waals surface area contributed by atoms with Crippen LogP contribution in [-0.2, 0) is 4.79 Å². The van der Waals surface area contributed by atoms with Crippen molar-refractivity contribution in [2.75, 3.05) is 44.7 Å². The van der Waals surface area contributed by atoms with E-state index in [0.29, 0.717) is 29.4 Å². The lowest BCUT2D eigenvalue weighted by Gasteiger charge is -2.37. The maximum Gasteiger partial charge on any atom is 0.255 e. The highest BCUT2D eigenvalue weighted by Crippen LogP contribution is 2.25. The molecule has 0 unspecified atom stereocenters. The lowest BCUT2D eigenvalue weighted by Crippen LogP contribution is -2.51. The van der Waals surface area contributed by atoms with Crippen LogP contribution in [-0.4, -0.2) is 56.5 Å². The van der Waals surface area contributed by atoms with Gasteiger partial charge in [-0.1, -0.05) is 29.8 Å². The largest absolute Gasteiger partial charge is 0.496 e. The predicted octanol–water partition coefficient (Wildman–Crippen LogP) is 2.74. The molecule has 148 valence electrons. The first-order valence-corrected chi connectivity index (χ1v) is 9.57. The highest BCUT2D eigenvalue weighted by molar-refractivity contribution is 6.30. The van der Waals surface area contributed by atoms with E-state index in [1.807, 2.05) is 18.2 Å². The van der Waals surface area contributed by atoms with Gasteiger partial charge >= 0.3 is 0 Å². The molecule has 7 heteroatoms. The molecule has 0 atom stereocenters. The van der Waals surface area contributed by atoms with Crippen LogP contribution in [0.5, 0.6) is 5.75 Å². The lowest BCUT2D eigenvalue weighted by molar-refractivity contribution is -0.130. The standard InChI is InChI=1S/C21H24ClN3O3/c1-15-7-8-16(22)13-18(15)24-9-11-25(12-10-24)20(26)14-23-21(27)17-5-3-4-6-19(17)28-2/h3-8,13H,9-12,14H2,1-2H3,(H,23,27). The van der Waals surface area contributed by atoms with Crippen molar-refractivity contribution in [2.24, 2.45) is 0 Å². The fourth-order valence-electron chi connectivity index (χ4n) is 3.32. The predicted molar refractivity (Wildman–Crippen MR) is 110 cm³/mol. The van der Waals surface area contributed by atoms with Crippen LogP contribution in [0.15, 0.2) is 42.5 Å². The van der Waals surface area contributed by atoms with E-state index in [0.717, 1.165) is 24.3 Å². The van der Waals surface area contributed by atoms with E-state index in [1.165, 1.54) is 7.11 Å². The number of methoxy groups -OCH3 is 1. The van der Waals surface area contributed by atoms with Crippen LogP contribution in [0.4, 0.5) is 5.69 Å². The Morgan fingerprint density at radius 1 is 1.11 bits per heavy atom. The van der Waals surface area contributed by atoms with Crippen LogP contribution in [0.2, 0.25) is 5.02 Å². The number of halogens is 1. The molecule has 0 saturated carbocycles. The van der Waals surface area contributed by atoms with Crippen LogP contribution in [0, 0.1) is 6.92 Å². The van der Waals surface area contributed by atoms with Gasteiger partial charge in [-0.3, -0.25) is 9.59 Å². The van der Waals surface area contributed by atoms with Gasteiger partial charge in [-0.15, -0.1) is 0 Å². The molecule has 0 bridgehead atoms. The van der Waals surface area contributed by atoms with Gasteiger partial charge < -0.3 is 19.9 Å². The fraction of sp³-hybridized carbons (Fsp3) is 0.333. The van der Waals surface area contributed by atoms with Gasteiger partial charge in [0.2, 0.25) is 5.91 Å². The number of amides is 2. The third kappa shape index (κ3) is 4.57. The fourth-order valence-corrected chi connectivity index (χ4v) is 3.48. The van der Waals surface area contributed by atoms with E-state index < -0.39 is 0 Å². The first kappa shape index (κ1) is 20.0. The third-order valence-electron chi connectivity index (χ3n) is 4.90. The number of benzene rings is 2. The maximum absolute atomic E-state index is 12.5. The molecule has 1 N–H and O–H groups in total. The first-order valence-electron chi connectivity index (χ1n) is 9.19. The van der Waals surface area contributed by atoms with Gasteiger partial charge in [0, 0.05) is 36.9 Å². The van der Waals surface area contributed by atoms with Crippen molar-refractivity contribution in [2.45, 2.75) is 6.92 Å². The molecule has 1 fully saturated rings. The summed E-state index contributed by atoms with van der Waals surface area (Å²) >= 11 is 6.12.